The predicted octanol–water partition coefficient (Wildman–Crippen LogP) is 1.75. The molecule has 23 heavy (non-hydrogen) atoms. The molecule has 0 saturated heterocycles. The van der Waals surface area contributed by atoms with Crippen LogP contribution in [0.4, 0.5) is 0 Å². The normalized spacial score (nSPS) is 10.2. The first kappa shape index (κ1) is 16.5. The van der Waals surface area contributed by atoms with E-state index in [0.717, 1.165) is 0 Å². The largest absolute Gasteiger partial charge is 0.497 e. The lowest BCUT2D eigenvalue weighted by molar-refractivity contribution is -0.135. The molecule has 0 atom stereocenters. The van der Waals surface area contributed by atoms with Crippen LogP contribution in [0, 0.1) is 6.92 Å². The molecule has 0 spiro atoms. The van der Waals surface area contributed by atoms with Gasteiger partial charge in [0, 0.05) is 23.9 Å². The third-order valence-electron chi connectivity index (χ3n) is 3.39. The maximum Gasteiger partial charge on any atom is 0.206 e. The number of rotatable bonds is 7. The minimum absolute atomic E-state index is 0.100. The van der Waals surface area contributed by atoms with Crippen LogP contribution in [0.1, 0.15) is 28.0 Å². The summed E-state index contributed by atoms with van der Waals surface area (Å²) in [6, 6.07) is 6.47. The van der Waals surface area contributed by atoms with E-state index in [1.54, 1.807) is 25.1 Å². The second kappa shape index (κ2) is 7.40. The van der Waals surface area contributed by atoms with Crippen molar-refractivity contribution < 1.29 is 19.1 Å². The molecule has 0 unspecified atom stereocenters. The molecule has 1 aromatic heterocycles. The van der Waals surface area contributed by atoms with Gasteiger partial charge in [-0.25, -0.2) is 9.97 Å². The molecule has 0 N–H and O–H groups in total. The molecule has 2 aromatic rings. The lowest BCUT2D eigenvalue weighted by atomic mass is 10.0. The number of ether oxygens (including phenoxy) is 1. The van der Waals surface area contributed by atoms with Gasteiger partial charge in [0.25, 0.3) is 0 Å². The minimum Gasteiger partial charge on any atom is -0.497 e. The molecule has 118 valence electrons. The molecule has 6 heteroatoms. The number of carbonyl (C=O) groups excluding carboxylic acids is 3. The van der Waals surface area contributed by atoms with E-state index >= 15 is 0 Å². The summed E-state index contributed by atoms with van der Waals surface area (Å²) in [6.45, 7) is 1.73. The van der Waals surface area contributed by atoms with Gasteiger partial charge in [0.2, 0.25) is 11.6 Å². The van der Waals surface area contributed by atoms with Crippen LogP contribution in [-0.2, 0) is 16.0 Å². The Bertz CT molecular complexity index is 756. The highest BCUT2D eigenvalue weighted by molar-refractivity contribution is 6.41. The van der Waals surface area contributed by atoms with Crippen molar-refractivity contribution in [2.45, 2.75) is 19.8 Å². The van der Waals surface area contributed by atoms with Gasteiger partial charge in [-0.2, -0.15) is 0 Å². The fourth-order valence-electron chi connectivity index (χ4n) is 2.01. The Hall–Kier alpha value is -2.89. The number of Topliss-reactive ketones (excluding diaryl/α,β-unsaturated/α-hetero) is 3. The Labute approximate surface area is 133 Å². The van der Waals surface area contributed by atoms with Gasteiger partial charge in [-0.15, -0.1) is 0 Å². The first-order chi connectivity index (χ1) is 11.0. The van der Waals surface area contributed by atoms with Gasteiger partial charge in [0.1, 0.15) is 12.1 Å². The molecule has 6 nitrogen and oxygen atoms in total. The van der Waals surface area contributed by atoms with E-state index < -0.39 is 23.8 Å². The average molecular weight is 312 g/mol. The maximum atomic E-state index is 12.1. The summed E-state index contributed by atoms with van der Waals surface area (Å²) in [6.07, 6.45) is 2.31. The van der Waals surface area contributed by atoms with Crippen molar-refractivity contribution in [3.63, 3.8) is 0 Å². The smallest absolute Gasteiger partial charge is 0.206 e. The molecule has 0 saturated carbocycles. The maximum absolute atomic E-state index is 12.1. The van der Waals surface area contributed by atoms with Crippen LogP contribution in [-0.4, -0.2) is 34.4 Å². The van der Waals surface area contributed by atoms with Crippen LogP contribution < -0.4 is 4.74 Å². The number of methoxy groups -OCH3 is 1. The minimum atomic E-state index is -0.721. The quantitative estimate of drug-likeness (QED) is 0.440. The van der Waals surface area contributed by atoms with Crippen molar-refractivity contribution in [2.24, 2.45) is 0 Å². The van der Waals surface area contributed by atoms with E-state index in [0.29, 0.717) is 22.6 Å². The number of ketones is 3. The van der Waals surface area contributed by atoms with Crippen LogP contribution in [0.2, 0.25) is 0 Å². The summed E-state index contributed by atoms with van der Waals surface area (Å²) in [5.41, 5.74) is 1.56. The second-order valence-electron chi connectivity index (χ2n) is 4.99. The van der Waals surface area contributed by atoms with Gasteiger partial charge in [-0.3, -0.25) is 14.4 Å². The Morgan fingerprint density at radius 2 is 1.96 bits per heavy atom. The van der Waals surface area contributed by atoms with E-state index in [2.05, 4.69) is 9.97 Å². The van der Waals surface area contributed by atoms with Crippen molar-refractivity contribution in [1.82, 2.24) is 9.97 Å². The van der Waals surface area contributed by atoms with Crippen molar-refractivity contribution in [3.05, 3.63) is 53.6 Å². The lowest BCUT2D eigenvalue weighted by Gasteiger charge is -2.04. The molecule has 0 bridgehead atoms. The molecule has 0 aliphatic heterocycles. The zero-order valence-corrected chi connectivity index (χ0v) is 12.9. The second-order valence-corrected chi connectivity index (χ2v) is 4.99. The Morgan fingerprint density at radius 1 is 1.17 bits per heavy atom. The van der Waals surface area contributed by atoms with E-state index in [4.69, 9.17) is 4.74 Å². The van der Waals surface area contributed by atoms with Crippen molar-refractivity contribution >= 4 is 17.3 Å². The summed E-state index contributed by atoms with van der Waals surface area (Å²) in [4.78, 5) is 43.8. The first-order valence-electron chi connectivity index (χ1n) is 7.00. The van der Waals surface area contributed by atoms with Crippen molar-refractivity contribution in [2.75, 3.05) is 7.11 Å². The summed E-state index contributed by atoms with van der Waals surface area (Å²) < 4.78 is 5.03. The van der Waals surface area contributed by atoms with Gasteiger partial charge in [0.15, 0.2) is 5.78 Å². The number of aryl methyl sites for hydroxylation is 1. The third kappa shape index (κ3) is 4.29. The molecule has 1 aromatic carbocycles. The molecular weight excluding hydrogens is 296 g/mol. The number of carbonyl (C=O) groups is 3. The molecule has 1 heterocycles. The van der Waals surface area contributed by atoms with Crippen LogP contribution in [0.15, 0.2) is 36.8 Å². The van der Waals surface area contributed by atoms with Crippen LogP contribution in [0.25, 0.3) is 0 Å². The summed E-state index contributed by atoms with van der Waals surface area (Å²) >= 11 is 0. The van der Waals surface area contributed by atoms with Gasteiger partial charge < -0.3 is 4.74 Å². The van der Waals surface area contributed by atoms with Gasteiger partial charge >= 0.3 is 0 Å². The molecule has 0 aliphatic carbocycles. The number of hydrogen-bond donors (Lipinski definition) is 0. The van der Waals surface area contributed by atoms with Crippen LogP contribution in [0.5, 0.6) is 5.75 Å². The molecule has 0 aliphatic rings. The average Bonchev–Trinajstić information content (AvgIpc) is 2.56. The van der Waals surface area contributed by atoms with E-state index in [-0.39, 0.29) is 6.42 Å². The monoisotopic (exact) mass is 312 g/mol. The predicted molar refractivity (Wildman–Crippen MR) is 82.4 cm³/mol. The Kier molecular flexibility index (Phi) is 5.30. The Morgan fingerprint density at radius 3 is 2.65 bits per heavy atom. The number of benzene rings is 1. The highest BCUT2D eigenvalue weighted by atomic mass is 16.5. The van der Waals surface area contributed by atoms with Gasteiger partial charge in [-0.1, -0.05) is 12.1 Å². The molecule has 0 amide bonds. The molecule has 2 rings (SSSR count). The zero-order chi connectivity index (χ0) is 16.8. The summed E-state index contributed by atoms with van der Waals surface area (Å²) in [5.74, 6) is -1.24. The molecule has 0 fully saturated rings. The summed E-state index contributed by atoms with van der Waals surface area (Å²) in [5, 5.41) is 0. The standard InChI is InChI=1S/C17H16N2O4/c1-11-13(9-18-10-19-11)7-16(21)17(22)8-15(20)12-4-3-5-14(6-12)23-2/h3-6,9-10H,7-8H2,1-2H3. The number of hydrogen-bond acceptors (Lipinski definition) is 6. The highest BCUT2D eigenvalue weighted by Gasteiger charge is 2.20. The van der Waals surface area contributed by atoms with Crippen LogP contribution in [0.3, 0.4) is 0 Å². The van der Waals surface area contributed by atoms with E-state index in [1.807, 2.05) is 0 Å². The number of aromatic nitrogens is 2. The van der Waals surface area contributed by atoms with Gasteiger partial charge in [0.05, 0.1) is 13.5 Å². The topological polar surface area (TPSA) is 86.2 Å². The van der Waals surface area contributed by atoms with Crippen molar-refractivity contribution in [1.29, 1.82) is 0 Å². The SMILES string of the molecule is COc1cccc(C(=O)CC(=O)C(=O)Cc2cncnc2C)c1. The summed E-state index contributed by atoms with van der Waals surface area (Å²) in [7, 11) is 1.49. The van der Waals surface area contributed by atoms with E-state index in [1.165, 1.54) is 25.7 Å². The number of nitrogens with zero attached hydrogens (tertiary/aromatic N) is 2. The van der Waals surface area contributed by atoms with E-state index in [9.17, 15) is 14.4 Å². The fraction of sp³-hybridized carbons (Fsp3) is 0.235. The zero-order valence-electron chi connectivity index (χ0n) is 12.9. The van der Waals surface area contributed by atoms with Crippen LogP contribution >= 0.6 is 0 Å². The fourth-order valence-corrected chi connectivity index (χ4v) is 2.01. The molecular formula is C17H16N2O4. The van der Waals surface area contributed by atoms with Gasteiger partial charge in [-0.05, 0) is 24.6 Å². The molecule has 0 radical (unpaired) electrons. The lowest BCUT2D eigenvalue weighted by Crippen LogP contribution is -2.20. The third-order valence-corrected chi connectivity index (χ3v) is 3.39. The first-order valence-corrected chi connectivity index (χ1v) is 7.00. The van der Waals surface area contributed by atoms with Crippen molar-refractivity contribution in [3.8, 4) is 5.75 Å². The Balaban J connectivity index is 2.02. The highest BCUT2D eigenvalue weighted by Crippen LogP contribution is 2.14.